The smallest absolute Gasteiger partial charge is 0.255 e. The SMILES string of the molecule is CC(=O)Nc1ccc(NC(=O)c2ccc(N3C(=O)[C@H]4[C@@H](C)C=C(C)C[C@H]4C3=O)cc2)cc1. The number of imide groups is 1. The maximum absolute atomic E-state index is 13.0. The lowest BCUT2D eigenvalue weighted by atomic mass is 9.76. The first-order valence-corrected chi connectivity index (χ1v) is 10.6. The second kappa shape index (κ2) is 8.42. The van der Waals surface area contributed by atoms with Crippen LogP contribution in [0.5, 0.6) is 0 Å². The van der Waals surface area contributed by atoms with Gasteiger partial charge in [0.25, 0.3) is 5.91 Å². The van der Waals surface area contributed by atoms with E-state index in [0.717, 1.165) is 5.57 Å². The van der Waals surface area contributed by atoms with Crippen molar-refractivity contribution in [2.24, 2.45) is 17.8 Å². The van der Waals surface area contributed by atoms with Gasteiger partial charge in [0.1, 0.15) is 0 Å². The van der Waals surface area contributed by atoms with Gasteiger partial charge in [-0.15, -0.1) is 0 Å². The van der Waals surface area contributed by atoms with Crippen LogP contribution in [0.1, 0.15) is 37.6 Å². The minimum atomic E-state index is -0.324. The van der Waals surface area contributed by atoms with Crippen LogP contribution in [0.3, 0.4) is 0 Å². The molecule has 4 rings (SSSR count). The predicted molar refractivity (Wildman–Crippen MR) is 122 cm³/mol. The summed E-state index contributed by atoms with van der Waals surface area (Å²) in [5.41, 5.74) is 3.25. The lowest BCUT2D eigenvalue weighted by molar-refractivity contribution is -0.122. The van der Waals surface area contributed by atoms with E-state index in [4.69, 9.17) is 0 Å². The first-order valence-electron chi connectivity index (χ1n) is 10.6. The molecule has 2 N–H and O–H groups in total. The molecular weight excluding hydrogens is 406 g/mol. The van der Waals surface area contributed by atoms with E-state index >= 15 is 0 Å². The van der Waals surface area contributed by atoms with E-state index in [1.54, 1.807) is 48.5 Å². The summed E-state index contributed by atoms with van der Waals surface area (Å²) in [7, 11) is 0. The Bertz CT molecular complexity index is 1120. The first-order chi connectivity index (χ1) is 15.2. The van der Waals surface area contributed by atoms with E-state index in [2.05, 4.69) is 16.7 Å². The van der Waals surface area contributed by atoms with Crippen molar-refractivity contribution in [1.82, 2.24) is 0 Å². The summed E-state index contributed by atoms with van der Waals surface area (Å²) in [6, 6.07) is 13.2. The number of benzene rings is 2. The van der Waals surface area contributed by atoms with Crippen LogP contribution in [0.4, 0.5) is 17.1 Å². The number of nitrogens with zero attached hydrogens (tertiary/aromatic N) is 1. The molecule has 1 fully saturated rings. The highest BCUT2D eigenvalue weighted by Gasteiger charge is 2.51. The number of hydrogen-bond acceptors (Lipinski definition) is 4. The molecule has 32 heavy (non-hydrogen) atoms. The number of fused-ring (bicyclic) bond motifs is 1. The number of rotatable bonds is 4. The summed E-state index contributed by atoms with van der Waals surface area (Å²) in [6.45, 7) is 5.40. The Kier molecular flexibility index (Phi) is 5.65. The van der Waals surface area contributed by atoms with Crippen LogP contribution in [-0.2, 0) is 14.4 Å². The highest BCUT2D eigenvalue weighted by molar-refractivity contribution is 6.22. The fourth-order valence-corrected chi connectivity index (χ4v) is 4.58. The van der Waals surface area contributed by atoms with Crippen molar-refractivity contribution in [3.05, 3.63) is 65.7 Å². The van der Waals surface area contributed by atoms with E-state index in [0.29, 0.717) is 29.0 Å². The molecule has 0 unspecified atom stereocenters. The summed E-state index contributed by atoms with van der Waals surface area (Å²) in [4.78, 5) is 50.9. The van der Waals surface area contributed by atoms with Crippen LogP contribution in [-0.4, -0.2) is 23.6 Å². The Balaban J connectivity index is 1.46. The summed E-state index contributed by atoms with van der Waals surface area (Å²) in [5, 5.41) is 5.46. The molecule has 0 saturated carbocycles. The van der Waals surface area contributed by atoms with Crippen LogP contribution in [0, 0.1) is 17.8 Å². The number of carbonyl (C=O) groups is 4. The van der Waals surface area contributed by atoms with Crippen LogP contribution in [0.2, 0.25) is 0 Å². The predicted octanol–water partition coefficient (Wildman–Crippen LogP) is 3.99. The normalized spacial score (nSPS) is 22.3. The lowest BCUT2D eigenvalue weighted by Gasteiger charge is -2.25. The van der Waals surface area contributed by atoms with Gasteiger partial charge in [-0.1, -0.05) is 18.6 Å². The average molecular weight is 431 g/mol. The van der Waals surface area contributed by atoms with E-state index < -0.39 is 0 Å². The van der Waals surface area contributed by atoms with Gasteiger partial charge < -0.3 is 10.6 Å². The summed E-state index contributed by atoms with van der Waals surface area (Å²) < 4.78 is 0. The minimum absolute atomic E-state index is 0.0253. The zero-order valence-corrected chi connectivity index (χ0v) is 18.2. The molecular formula is C25H25N3O4. The van der Waals surface area contributed by atoms with Gasteiger partial charge in [-0.25, -0.2) is 0 Å². The van der Waals surface area contributed by atoms with Crippen molar-refractivity contribution in [1.29, 1.82) is 0 Å². The molecule has 2 aromatic carbocycles. The molecule has 1 aliphatic carbocycles. The summed E-state index contributed by atoms with van der Waals surface area (Å²) >= 11 is 0. The molecule has 0 bridgehead atoms. The minimum Gasteiger partial charge on any atom is -0.326 e. The highest BCUT2D eigenvalue weighted by atomic mass is 16.2. The second-order valence-corrected chi connectivity index (χ2v) is 8.48. The topological polar surface area (TPSA) is 95.6 Å². The third-order valence-electron chi connectivity index (χ3n) is 5.98. The largest absolute Gasteiger partial charge is 0.326 e. The van der Waals surface area contributed by atoms with Gasteiger partial charge in [0.2, 0.25) is 17.7 Å². The number of allylic oxidation sites excluding steroid dienone is 2. The van der Waals surface area contributed by atoms with Crippen molar-refractivity contribution in [3.63, 3.8) is 0 Å². The maximum atomic E-state index is 13.0. The first kappa shape index (κ1) is 21.5. The fourth-order valence-electron chi connectivity index (χ4n) is 4.58. The lowest BCUT2D eigenvalue weighted by Crippen LogP contribution is -2.31. The van der Waals surface area contributed by atoms with E-state index in [-0.39, 0.29) is 41.4 Å². The van der Waals surface area contributed by atoms with Crippen LogP contribution in [0.25, 0.3) is 0 Å². The van der Waals surface area contributed by atoms with Crippen LogP contribution >= 0.6 is 0 Å². The monoisotopic (exact) mass is 431 g/mol. The molecule has 0 radical (unpaired) electrons. The van der Waals surface area contributed by atoms with Crippen LogP contribution in [0.15, 0.2) is 60.2 Å². The number of hydrogen-bond donors (Lipinski definition) is 2. The Labute approximate surface area is 186 Å². The van der Waals surface area contributed by atoms with E-state index in [1.807, 2.05) is 13.8 Å². The van der Waals surface area contributed by atoms with Crippen molar-refractivity contribution >= 4 is 40.7 Å². The van der Waals surface area contributed by atoms with Gasteiger partial charge >= 0.3 is 0 Å². The number of amides is 4. The van der Waals surface area contributed by atoms with Crippen LogP contribution < -0.4 is 15.5 Å². The Morgan fingerprint density at radius 2 is 1.50 bits per heavy atom. The molecule has 4 amide bonds. The van der Waals surface area contributed by atoms with Gasteiger partial charge in [0.15, 0.2) is 0 Å². The van der Waals surface area contributed by atoms with Gasteiger partial charge in [-0.3, -0.25) is 24.1 Å². The van der Waals surface area contributed by atoms with Crippen molar-refractivity contribution in [2.75, 3.05) is 15.5 Å². The quantitative estimate of drug-likeness (QED) is 0.565. The van der Waals surface area contributed by atoms with Gasteiger partial charge in [-0.05, 0) is 67.8 Å². The fraction of sp³-hybridized carbons (Fsp3) is 0.280. The number of nitrogens with one attached hydrogen (secondary N) is 2. The van der Waals surface area contributed by atoms with E-state index in [1.165, 1.54) is 11.8 Å². The number of anilines is 3. The molecule has 1 saturated heterocycles. The molecule has 7 heteroatoms. The average Bonchev–Trinajstić information content (AvgIpc) is 2.99. The molecule has 2 aliphatic rings. The molecule has 2 aromatic rings. The van der Waals surface area contributed by atoms with Gasteiger partial charge in [0.05, 0.1) is 17.5 Å². The third-order valence-corrected chi connectivity index (χ3v) is 5.98. The van der Waals surface area contributed by atoms with Crippen molar-refractivity contribution in [3.8, 4) is 0 Å². The molecule has 0 spiro atoms. The van der Waals surface area contributed by atoms with Gasteiger partial charge in [0, 0.05) is 23.9 Å². The summed E-state index contributed by atoms with van der Waals surface area (Å²) in [6.07, 6.45) is 2.68. The Hall–Kier alpha value is -3.74. The molecule has 164 valence electrons. The molecule has 1 aliphatic heterocycles. The Morgan fingerprint density at radius 3 is 2.09 bits per heavy atom. The van der Waals surface area contributed by atoms with Gasteiger partial charge in [-0.2, -0.15) is 0 Å². The second-order valence-electron chi connectivity index (χ2n) is 8.48. The molecule has 0 aromatic heterocycles. The standard InChI is InChI=1S/C25H25N3O4/c1-14-12-15(2)22-21(13-14)24(31)28(25(22)32)20-10-4-17(5-11-20)23(30)27-19-8-6-18(7-9-19)26-16(3)29/h4-12,15,21-22H,13H2,1-3H3,(H,26,29)(H,27,30)/t15-,21+,22-/m0/s1. The maximum Gasteiger partial charge on any atom is 0.255 e. The van der Waals surface area contributed by atoms with Crippen molar-refractivity contribution in [2.45, 2.75) is 27.2 Å². The number of carbonyl (C=O) groups excluding carboxylic acids is 4. The van der Waals surface area contributed by atoms with E-state index in [9.17, 15) is 19.2 Å². The third kappa shape index (κ3) is 4.06. The Morgan fingerprint density at radius 1 is 0.906 bits per heavy atom. The highest BCUT2D eigenvalue weighted by Crippen LogP contribution is 2.42. The summed E-state index contributed by atoms with van der Waals surface area (Å²) in [5.74, 6) is -1.44. The molecule has 7 nitrogen and oxygen atoms in total. The molecule has 3 atom stereocenters. The molecule has 1 heterocycles. The zero-order chi connectivity index (χ0) is 23.0. The zero-order valence-electron chi connectivity index (χ0n) is 18.2. The van der Waals surface area contributed by atoms with Crippen molar-refractivity contribution < 1.29 is 19.2 Å².